The molecule has 0 heterocycles. The predicted octanol–water partition coefficient (Wildman–Crippen LogP) is 0.0523. The Bertz CT molecular complexity index is 204. The molecule has 0 bridgehead atoms. The number of amides is 1. The summed E-state index contributed by atoms with van der Waals surface area (Å²) in [7, 11) is 3.99. The minimum atomic E-state index is 0.0567. The first-order valence-corrected chi connectivity index (χ1v) is 5.77. The normalized spacial score (nSPS) is 17.9. The largest absolute Gasteiger partial charge is 0.355 e. The average molecular weight is 213 g/mol. The van der Waals surface area contributed by atoms with Crippen LogP contribution in [0.4, 0.5) is 0 Å². The Hall–Kier alpha value is -0.610. The maximum Gasteiger partial charge on any atom is 0.224 e. The summed E-state index contributed by atoms with van der Waals surface area (Å²) >= 11 is 0. The van der Waals surface area contributed by atoms with E-state index in [1.807, 2.05) is 14.0 Å². The van der Waals surface area contributed by atoms with Crippen molar-refractivity contribution in [3.63, 3.8) is 0 Å². The van der Waals surface area contributed by atoms with Crippen molar-refractivity contribution in [3.05, 3.63) is 0 Å². The second-order valence-corrected chi connectivity index (χ2v) is 4.46. The van der Waals surface area contributed by atoms with Crippen LogP contribution >= 0.6 is 0 Å². The summed E-state index contributed by atoms with van der Waals surface area (Å²) in [6, 6.07) is 0.775. The van der Waals surface area contributed by atoms with E-state index < -0.39 is 0 Å². The number of rotatable bonds is 7. The SMILES string of the molecule is CNCC(C)C(=O)NCCN(C)C1CC1. The van der Waals surface area contributed by atoms with Gasteiger partial charge >= 0.3 is 0 Å². The van der Waals surface area contributed by atoms with E-state index in [1.54, 1.807) is 0 Å². The molecule has 1 aliphatic carbocycles. The van der Waals surface area contributed by atoms with E-state index in [2.05, 4.69) is 22.6 Å². The smallest absolute Gasteiger partial charge is 0.224 e. The zero-order valence-electron chi connectivity index (χ0n) is 10.0. The standard InChI is InChI=1S/C11H23N3O/c1-9(8-12-2)11(15)13-6-7-14(3)10-4-5-10/h9-10,12H,4-8H2,1-3H3,(H,13,15). The number of carbonyl (C=O) groups is 1. The molecule has 1 amide bonds. The van der Waals surface area contributed by atoms with E-state index >= 15 is 0 Å². The number of hydrogen-bond acceptors (Lipinski definition) is 3. The second kappa shape index (κ2) is 6.08. The molecule has 1 unspecified atom stereocenters. The van der Waals surface area contributed by atoms with Crippen LogP contribution in [-0.2, 0) is 4.79 Å². The quantitative estimate of drug-likeness (QED) is 0.628. The van der Waals surface area contributed by atoms with Crippen LogP contribution in [-0.4, -0.2) is 50.6 Å². The van der Waals surface area contributed by atoms with Crippen molar-refractivity contribution in [2.24, 2.45) is 5.92 Å². The van der Waals surface area contributed by atoms with Crippen LogP contribution in [0.1, 0.15) is 19.8 Å². The summed E-state index contributed by atoms with van der Waals surface area (Å²) in [5.74, 6) is 0.203. The van der Waals surface area contributed by atoms with E-state index in [0.717, 1.165) is 25.7 Å². The molecular formula is C11H23N3O. The molecule has 0 aromatic rings. The fourth-order valence-corrected chi connectivity index (χ4v) is 1.63. The van der Waals surface area contributed by atoms with Crippen molar-refractivity contribution in [2.45, 2.75) is 25.8 Å². The lowest BCUT2D eigenvalue weighted by atomic mass is 10.1. The Balaban J connectivity index is 2.05. The minimum Gasteiger partial charge on any atom is -0.355 e. The van der Waals surface area contributed by atoms with Gasteiger partial charge in [0, 0.05) is 31.6 Å². The Labute approximate surface area is 92.4 Å². The molecule has 0 aromatic heterocycles. The highest BCUT2D eigenvalue weighted by Gasteiger charge is 2.25. The fraction of sp³-hybridized carbons (Fsp3) is 0.909. The molecule has 1 atom stereocenters. The number of hydrogen-bond donors (Lipinski definition) is 2. The monoisotopic (exact) mass is 213 g/mol. The van der Waals surface area contributed by atoms with Crippen molar-refractivity contribution >= 4 is 5.91 Å². The summed E-state index contributed by atoms with van der Waals surface area (Å²) in [5, 5.41) is 5.96. The molecule has 4 heteroatoms. The molecule has 1 fully saturated rings. The molecule has 1 rings (SSSR count). The third-order valence-corrected chi connectivity index (χ3v) is 2.89. The Morgan fingerprint density at radius 3 is 2.73 bits per heavy atom. The molecular weight excluding hydrogens is 190 g/mol. The van der Waals surface area contributed by atoms with E-state index in [-0.39, 0.29) is 11.8 Å². The summed E-state index contributed by atoms with van der Waals surface area (Å²) in [6.45, 7) is 4.41. The third kappa shape index (κ3) is 4.62. The van der Waals surface area contributed by atoms with Gasteiger partial charge in [0.15, 0.2) is 0 Å². The van der Waals surface area contributed by atoms with Gasteiger partial charge in [0.1, 0.15) is 0 Å². The zero-order valence-corrected chi connectivity index (χ0v) is 10.0. The first-order chi connectivity index (χ1) is 7.15. The van der Waals surface area contributed by atoms with Gasteiger partial charge in [-0.1, -0.05) is 6.92 Å². The van der Waals surface area contributed by atoms with Gasteiger partial charge in [-0.3, -0.25) is 4.79 Å². The molecule has 0 aliphatic heterocycles. The van der Waals surface area contributed by atoms with Crippen molar-refractivity contribution in [3.8, 4) is 0 Å². The number of carbonyl (C=O) groups excluding carboxylic acids is 1. The van der Waals surface area contributed by atoms with Gasteiger partial charge in [0.25, 0.3) is 0 Å². The predicted molar refractivity (Wildman–Crippen MR) is 61.8 cm³/mol. The number of likely N-dealkylation sites (N-methyl/N-ethyl adjacent to an activating group) is 1. The van der Waals surface area contributed by atoms with Crippen LogP contribution in [0.15, 0.2) is 0 Å². The summed E-state index contributed by atoms with van der Waals surface area (Å²) in [4.78, 5) is 13.9. The van der Waals surface area contributed by atoms with Crippen molar-refractivity contribution in [1.82, 2.24) is 15.5 Å². The molecule has 2 N–H and O–H groups in total. The van der Waals surface area contributed by atoms with Gasteiger partial charge in [0.05, 0.1) is 0 Å². The van der Waals surface area contributed by atoms with Crippen LogP contribution in [0, 0.1) is 5.92 Å². The Kier molecular flexibility index (Phi) is 5.05. The highest BCUT2D eigenvalue weighted by Crippen LogP contribution is 2.24. The summed E-state index contributed by atoms with van der Waals surface area (Å²) < 4.78 is 0. The zero-order chi connectivity index (χ0) is 11.3. The summed E-state index contributed by atoms with van der Waals surface area (Å²) in [6.07, 6.45) is 2.64. The average Bonchev–Trinajstić information content (AvgIpc) is 3.00. The third-order valence-electron chi connectivity index (χ3n) is 2.89. The number of nitrogens with one attached hydrogen (secondary N) is 2. The van der Waals surface area contributed by atoms with Gasteiger partial charge in [-0.05, 0) is 26.9 Å². The van der Waals surface area contributed by atoms with Gasteiger partial charge in [-0.15, -0.1) is 0 Å². The van der Waals surface area contributed by atoms with Crippen LogP contribution in [0.3, 0.4) is 0 Å². The second-order valence-electron chi connectivity index (χ2n) is 4.46. The maximum atomic E-state index is 11.5. The lowest BCUT2D eigenvalue weighted by Gasteiger charge is -2.17. The molecule has 1 saturated carbocycles. The van der Waals surface area contributed by atoms with Gasteiger partial charge in [-0.25, -0.2) is 0 Å². The summed E-state index contributed by atoms with van der Waals surface area (Å²) in [5.41, 5.74) is 0. The van der Waals surface area contributed by atoms with E-state index in [0.29, 0.717) is 0 Å². The molecule has 0 radical (unpaired) electrons. The van der Waals surface area contributed by atoms with Crippen LogP contribution < -0.4 is 10.6 Å². The fourth-order valence-electron chi connectivity index (χ4n) is 1.63. The molecule has 0 spiro atoms. The van der Waals surface area contributed by atoms with Gasteiger partial charge in [0.2, 0.25) is 5.91 Å². The highest BCUT2D eigenvalue weighted by atomic mass is 16.1. The van der Waals surface area contributed by atoms with E-state index in [1.165, 1.54) is 12.8 Å². The molecule has 0 saturated heterocycles. The Morgan fingerprint density at radius 2 is 2.20 bits per heavy atom. The molecule has 1 aliphatic rings. The van der Waals surface area contributed by atoms with Crippen molar-refractivity contribution < 1.29 is 4.79 Å². The Morgan fingerprint density at radius 1 is 1.53 bits per heavy atom. The molecule has 15 heavy (non-hydrogen) atoms. The van der Waals surface area contributed by atoms with Gasteiger partial charge in [-0.2, -0.15) is 0 Å². The molecule has 88 valence electrons. The maximum absolute atomic E-state index is 11.5. The molecule has 4 nitrogen and oxygen atoms in total. The lowest BCUT2D eigenvalue weighted by molar-refractivity contribution is -0.124. The van der Waals surface area contributed by atoms with Crippen LogP contribution in [0.2, 0.25) is 0 Å². The van der Waals surface area contributed by atoms with Gasteiger partial charge < -0.3 is 15.5 Å². The minimum absolute atomic E-state index is 0.0567. The van der Waals surface area contributed by atoms with Crippen LogP contribution in [0.5, 0.6) is 0 Å². The first-order valence-electron chi connectivity index (χ1n) is 5.77. The topological polar surface area (TPSA) is 44.4 Å². The lowest BCUT2D eigenvalue weighted by Crippen LogP contribution is -2.38. The highest BCUT2D eigenvalue weighted by molar-refractivity contribution is 5.78. The first kappa shape index (κ1) is 12.5. The van der Waals surface area contributed by atoms with Crippen molar-refractivity contribution in [2.75, 3.05) is 33.7 Å². The number of nitrogens with zero attached hydrogens (tertiary/aromatic N) is 1. The van der Waals surface area contributed by atoms with Crippen LogP contribution in [0.25, 0.3) is 0 Å². The molecule has 0 aromatic carbocycles. The van der Waals surface area contributed by atoms with E-state index in [4.69, 9.17) is 0 Å². The van der Waals surface area contributed by atoms with Crippen molar-refractivity contribution in [1.29, 1.82) is 0 Å². The van der Waals surface area contributed by atoms with E-state index in [9.17, 15) is 4.79 Å².